The van der Waals surface area contributed by atoms with Gasteiger partial charge in [-0.1, -0.05) is 52.4 Å². The summed E-state index contributed by atoms with van der Waals surface area (Å²) in [5, 5.41) is 19.3. The number of thioether (sulfide) groups is 1. The number of carboxylic acids is 1. The zero-order valence-electron chi connectivity index (χ0n) is 12.4. The van der Waals surface area contributed by atoms with Crippen molar-refractivity contribution in [3.63, 3.8) is 0 Å². The molecular formula is C14H25N3O2S. The van der Waals surface area contributed by atoms with E-state index in [-0.39, 0.29) is 5.69 Å². The van der Waals surface area contributed by atoms with Crippen LogP contribution >= 0.6 is 11.8 Å². The second-order valence-electron chi connectivity index (χ2n) is 5.23. The molecule has 20 heavy (non-hydrogen) atoms. The second-order valence-corrected chi connectivity index (χ2v) is 6.31. The van der Waals surface area contributed by atoms with E-state index in [0.29, 0.717) is 5.03 Å². The maximum atomic E-state index is 10.9. The van der Waals surface area contributed by atoms with Crippen LogP contribution in [-0.4, -0.2) is 32.2 Å². The van der Waals surface area contributed by atoms with E-state index < -0.39 is 5.97 Å². The molecule has 2 N–H and O–H groups in total. The summed E-state index contributed by atoms with van der Waals surface area (Å²) in [7, 11) is 0. The van der Waals surface area contributed by atoms with Gasteiger partial charge in [-0.15, -0.1) is 22.0 Å². The average Bonchev–Trinajstić information content (AvgIpc) is 2.87. The number of aromatic amines is 1. The first-order valence-electron chi connectivity index (χ1n) is 7.42. The number of aromatic nitrogens is 3. The molecule has 114 valence electrons. The lowest BCUT2D eigenvalue weighted by Crippen LogP contribution is -1.99. The predicted molar refractivity (Wildman–Crippen MR) is 81.2 cm³/mol. The Morgan fingerprint density at radius 3 is 2.60 bits per heavy atom. The van der Waals surface area contributed by atoms with E-state index in [0.717, 1.165) is 18.1 Å². The van der Waals surface area contributed by atoms with E-state index in [1.165, 1.54) is 50.3 Å². The summed E-state index contributed by atoms with van der Waals surface area (Å²) in [6.45, 7) is 4.56. The first-order chi connectivity index (χ1) is 9.65. The summed E-state index contributed by atoms with van der Waals surface area (Å²) < 4.78 is 0. The van der Waals surface area contributed by atoms with Gasteiger partial charge >= 0.3 is 5.97 Å². The Labute approximate surface area is 124 Å². The molecule has 1 unspecified atom stereocenters. The van der Waals surface area contributed by atoms with Gasteiger partial charge in [0.15, 0.2) is 5.03 Å². The lowest BCUT2D eigenvalue weighted by atomic mass is 9.98. The van der Waals surface area contributed by atoms with E-state index in [2.05, 4.69) is 29.3 Å². The fraction of sp³-hybridized carbons (Fsp3) is 0.786. The van der Waals surface area contributed by atoms with Crippen molar-refractivity contribution in [2.24, 2.45) is 5.92 Å². The normalized spacial score (nSPS) is 12.5. The van der Waals surface area contributed by atoms with Gasteiger partial charge in [0.2, 0.25) is 5.69 Å². The topological polar surface area (TPSA) is 78.9 Å². The molecule has 5 nitrogen and oxygen atoms in total. The molecule has 0 saturated heterocycles. The Balaban J connectivity index is 2.10. The Hall–Kier alpha value is -1.04. The number of hydrogen-bond donors (Lipinski definition) is 2. The number of aromatic carboxylic acids is 1. The van der Waals surface area contributed by atoms with Gasteiger partial charge in [-0.3, -0.25) is 0 Å². The maximum Gasteiger partial charge on any atom is 0.359 e. The highest BCUT2D eigenvalue weighted by Crippen LogP contribution is 2.21. The van der Waals surface area contributed by atoms with Crippen LogP contribution in [0.15, 0.2) is 5.03 Å². The van der Waals surface area contributed by atoms with Crippen LogP contribution in [0.5, 0.6) is 0 Å². The minimum Gasteiger partial charge on any atom is -0.476 e. The summed E-state index contributed by atoms with van der Waals surface area (Å²) in [5.41, 5.74) is 0.0305. The predicted octanol–water partition coefficient (Wildman–Crippen LogP) is 3.98. The smallest absolute Gasteiger partial charge is 0.359 e. The zero-order chi connectivity index (χ0) is 14.8. The SMILES string of the molecule is CCCCCC(C)CCCCSc1n[nH]nc1C(=O)O. The minimum absolute atomic E-state index is 0.0305. The number of nitrogens with one attached hydrogen (secondary N) is 1. The highest BCUT2D eigenvalue weighted by molar-refractivity contribution is 7.99. The number of hydrogen-bond acceptors (Lipinski definition) is 4. The molecule has 0 amide bonds. The van der Waals surface area contributed by atoms with E-state index in [1.807, 2.05) is 0 Å². The number of carbonyl (C=O) groups is 1. The van der Waals surface area contributed by atoms with Crippen LogP contribution in [0.25, 0.3) is 0 Å². The first kappa shape index (κ1) is 17.0. The Bertz CT molecular complexity index is 396. The van der Waals surface area contributed by atoms with Gasteiger partial charge in [0, 0.05) is 0 Å². The van der Waals surface area contributed by atoms with Gasteiger partial charge in [-0.25, -0.2) is 4.79 Å². The number of nitrogens with zero attached hydrogens (tertiary/aromatic N) is 2. The van der Waals surface area contributed by atoms with Crippen LogP contribution in [0.4, 0.5) is 0 Å². The van der Waals surface area contributed by atoms with Gasteiger partial charge in [0.25, 0.3) is 0 Å². The van der Waals surface area contributed by atoms with Crippen molar-refractivity contribution in [2.75, 3.05) is 5.75 Å². The molecule has 0 fully saturated rings. The molecule has 1 aromatic heterocycles. The van der Waals surface area contributed by atoms with Gasteiger partial charge in [-0.2, -0.15) is 5.21 Å². The third-order valence-corrected chi connectivity index (χ3v) is 4.40. The van der Waals surface area contributed by atoms with Gasteiger partial charge < -0.3 is 5.11 Å². The molecule has 6 heteroatoms. The Kier molecular flexibility index (Phi) is 8.34. The van der Waals surface area contributed by atoms with Crippen LogP contribution in [-0.2, 0) is 0 Å². The molecule has 0 aromatic carbocycles. The third-order valence-electron chi connectivity index (χ3n) is 3.35. The molecule has 1 heterocycles. The lowest BCUT2D eigenvalue weighted by Gasteiger charge is -2.10. The molecular weight excluding hydrogens is 274 g/mol. The monoisotopic (exact) mass is 299 g/mol. The molecule has 0 bridgehead atoms. The maximum absolute atomic E-state index is 10.9. The summed E-state index contributed by atoms with van der Waals surface area (Å²) in [4.78, 5) is 10.9. The van der Waals surface area contributed by atoms with Crippen molar-refractivity contribution < 1.29 is 9.90 Å². The van der Waals surface area contributed by atoms with Crippen molar-refractivity contribution in [3.05, 3.63) is 5.69 Å². The molecule has 1 atom stereocenters. The van der Waals surface area contributed by atoms with Crippen LogP contribution in [0.3, 0.4) is 0 Å². The molecule has 0 aliphatic heterocycles. The molecule has 1 aromatic rings. The number of unbranched alkanes of at least 4 members (excludes halogenated alkanes) is 3. The summed E-state index contributed by atoms with van der Waals surface area (Å²) in [6.07, 6.45) is 8.84. The van der Waals surface area contributed by atoms with Crippen LogP contribution in [0.2, 0.25) is 0 Å². The Morgan fingerprint density at radius 2 is 1.95 bits per heavy atom. The second kappa shape index (κ2) is 9.80. The van der Waals surface area contributed by atoms with Crippen molar-refractivity contribution >= 4 is 17.7 Å². The van der Waals surface area contributed by atoms with E-state index >= 15 is 0 Å². The van der Waals surface area contributed by atoms with Gasteiger partial charge in [0.05, 0.1) is 0 Å². The van der Waals surface area contributed by atoms with E-state index in [4.69, 9.17) is 5.11 Å². The number of rotatable bonds is 11. The third kappa shape index (κ3) is 6.41. The molecule has 0 aliphatic carbocycles. The van der Waals surface area contributed by atoms with E-state index in [9.17, 15) is 4.79 Å². The lowest BCUT2D eigenvalue weighted by molar-refractivity contribution is 0.0686. The van der Waals surface area contributed by atoms with Crippen LogP contribution < -0.4 is 0 Å². The van der Waals surface area contributed by atoms with Gasteiger partial charge in [0.1, 0.15) is 0 Å². The molecule has 0 radical (unpaired) electrons. The van der Waals surface area contributed by atoms with Crippen molar-refractivity contribution in [1.82, 2.24) is 15.4 Å². The van der Waals surface area contributed by atoms with E-state index in [1.54, 1.807) is 0 Å². The minimum atomic E-state index is -1.02. The highest BCUT2D eigenvalue weighted by atomic mass is 32.2. The Morgan fingerprint density at radius 1 is 1.25 bits per heavy atom. The first-order valence-corrected chi connectivity index (χ1v) is 8.40. The standard InChI is InChI=1S/C14H25N3O2S/c1-3-4-5-8-11(2)9-6-7-10-20-13-12(14(18)19)15-17-16-13/h11H,3-10H2,1-2H3,(H,18,19)(H,15,16,17). The fourth-order valence-corrected chi connectivity index (χ4v) is 3.03. The molecule has 1 rings (SSSR count). The van der Waals surface area contributed by atoms with Gasteiger partial charge in [-0.05, 0) is 18.1 Å². The van der Waals surface area contributed by atoms with Crippen molar-refractivity contribution in [3.8, 4) is 0 Å². The van der Waals surface area contributed by atoms with Crippen LogP contribution in [0, 0.1) is 5.92 Å². The van der Waals surface area contributed by atoms with Crippen molar-refractivity contribution in [1.29, 1.82) is 0 Å². The largest absolute Gasteiger partial charge is 0.476 e. The average molecular weight is 299 g/mol. The zero-order valence-corrected chi connectivity index (χ0v) is 13.2. The summed E-state index contributed by atoms with van der Waals surface area (Å²) >= 11 is 1.47. The highest BCUT2D eigenvalue weighted by Gasteiger charge is 2.15. The quantitative estimate of drug-likeness (QED) is 0.477. The fourth-order valence-electron chi connectivity index (χ4n) is 2.11. The number of H-pyrrole nitrogens is 1. The summed E-state index contributed by atoms with van der Waals surface area (Å²) in [5.74, 6) is 0.674. The summed E-state index contributed by atoms with van der Waals surface area (Å²) in [6, 6.07) is 0. The molecule has 0 spiro atoms. The molecule has 0 aliphatic rings. The molecule has 0 saturated carbocycles. The number of carboxylic acid groups (broad SMARTS) is 1. The van der Waals surface area contributed by atoms with Crippen LogP contribution in [0.1, 0.15) is 69.3 Å². The van der Waals surface area contributed by atoms with Crippen molar-refractivity contribution in [2.45, 2.75) is 63.8 Å².